The van der Waals surface area contributed by atoms with Crippen LogP contribution in [0.15, 0.2) is 174 Å². The SMILES string of the molecule is Cc1cccc(-c2ccc(-c3nc(-c4ccccc4)nc(-c4ccc5c(c4)oc4cccc(-c6ccccc6)c45)n3)cc2-c2ccccc2)c1. The van der Waals surface area contributed by atoms with Crippen molar-refractivity contribution in [2.45, 2.75) is 6.92 Å². The lowest BCUT2D eigenvalue weighted by atomic mass is 9.92. The fourth-order valence-corrected chi connectivity index (χ4v) is 6.78. The lowest BCUT2D eigenvalue weighted by Crippen LogP contribution is -2.00. The van der Waals surface area contributed by atoms with E-state index in [9.17, 15) is 0 Å². The van der Waals surface area contributed by atoms with Gasteiger partial charge in [-0.25, -0.2) is 15.0 Å². The van der Waals surface area contributed by atoms with E-state index in [1.54, 1.807) is 0 Å². The van der Waals surface area contributed by atoms with Crippen molar-refractivity contribution in [3.8, 4) is 67.5 Å². The van der Waals surface area contributed by atoms with E-state index in [4.69, 9.17) is 19.4 Å². The molecule has 50 heavy (non-hydrogen) atoms. The summed E-state index contributed by atoms with van der Waals surface area (Å²) in [4.78, 5) is 15.2. The van der Waals surface area contributed by atoms with Gasteiger partial charge in [0.15, 0.2) is 17.5 Å². The average molecular weight is 642 g/mol. The zero-order valence-electron chi connectivity index (χ0n) is 27.4. The number of benzene rings is 7. The molecule has 0 aliphatic rings. The first-order valence-electron chi connectivity index (χ1n) is 16.8. The zero-order valence-corrected chi connectivity index (χ0v) is 27.4. The topological polar surface area (TPSA) is 51.8 Å². The van der Waals surface area contributed by atoms with Crippen LogP contribution in [0.1, 0.15) is 5.56 Å². The van der Waals surface area contributed by atoms with Crippen molar-refractivity contribution in [3.63, 3.8) is 0 Å². The van der Waals surface area contributed by atoms with Crippen molar-refractivity contribution in [1.29, 1.82) is 0 Å². The first-order valence-corrected chi connectivity index (χ1v) is 16.8. The second kappa shape index (κ2) is 12.4. The molecular formula is C46H31N3O. The molecule has 2 heterocycles. The molecule has 4 heteroatoms. The highest BCUT2D eigenvalue weighted by Gasteiger charge is 2.18. The summed E-state index contributed by atoms with van der Waals surface area (Å²) in [5, 5.41) is 2.16. The number of hydrogen-bond acceptors (Lipinski definition) is 4. The van der Waals surface area contributed by atoms with E-state index in [0.717, 1.165) is 66.4 Å². The minimum atomic E-state index is 0.587. The van der Waals surface area contributed by atoms with E-state index < -0.39 is 0 Å². The van der Waals surface area contributed by atoms with Crippen LogP contribution in [0.4, 0.5) is 0 Å². The van der Waals surface area contributed by atoms with Gasteiger partial charge < -0.3 is 4.42 Å². The molecule has 9 rings (SSSR count). The summed E-state index contributed by atoms with van der Waals surface area (Å²) < 4.78 is 6.46. The van der Waals surface area contributed by atoms with E-state index in [2.05, 4.69) is 116 Å². The van der Waals surface area contributed by atoms with Gasteiger partial charge in [0.1, 0.15) is 11.2 Å². The third-order valence-electron chi connectivity index (χ3n) is 9.20. The van der Waals surface area contributed by atoms with E-state index >= 15 is 0 Å². The maximum Gasteiger partial charge on any atom is 0.164 e. The second-order valence-corrected chi connectivity index (χ2v) is 12.5. The molecule has 0 unspecified atom stereocenters. The number of hydrogen-bond donors (Lipinski definition) is 0. The Labute approximate surface area is 290 Å². The quantitative estimate of drug-likeness (QED) is 0.181. The van der Waals surface area contributed by atoms with Gasteiger partial charge in [-0.05, 0) is 64.6 Å². The second-order valence-electron chi connectivity index (χ2n) is 12.5. The molecule has 0 radical (unpaired) electrons. The predicted octanol–water partition coefficient (Wildman–Crippen LogP) is 12.1. The molecule has 0 spiro atoms. The van der Waals surface area contributed by atoms with Crippen molar-refractivity contribution in [2.24, 2.45) is 0 Å². The number of aryl methyl sites for hydroxylation is 1. The van der Waals surface area contributed by atoms with Crippen molar-refractivity contribution in [1.82, 2.24) is 15.0 Å². The van der Waals surface area contributed by atoms with Crippen LogP contribution in [0.2, 0.25) is 0 Å². The normalized spacial score (nSPS) is 11.3. The fraction of sp³-hybridized carbons (Fsp3) is 0.0217. The first kappa shape index (κ1) is 29.5. The summed E-state index contributed by atoms with van der Waals surface area (Å²) in [7, 11) is 0. The largest absolute Gasteiger partial charge is 0.456 e. The van der Waals surface area contributed by atoms with Gasteiger partial charge in [-0.2, -0.15) is 0 Å². The number of fused-ring (bicyclic) bond motifs is 3. The van der Waals surface area contributed by atoms with Crippen LogP contribution in [-0.2, 0) is 0 Å². The monoisotopic (exact) mass is 641 g/mol. The van der Waals surface area contributed by atoms with Crippen LogP contribution in [0, 0.1) is 6.92 Å². The van der Waals surface area contributed by atoms with Gasteiger partial charge in [-0.3, -0.25) is 0 Å². The van der Waals surface area contributed by atoms with Crippen molar-refractivity contribution < 1.29 is 4.42 Å². The summed E-state index contributed by atoms with van der Waals surface area (Å²) in [5.74, 6) is 1.81. The van der Waals surface area contributed by atoms with Crippen LogP contribution in [0.3, 0.4) is 0 Å². The summed E-state index contributed by atoms with van der Waals surface area (Å²) in [6.07, 6.45) is 0. The number of aromatic nitrogens is 3. The lowest BCUT2D eigenvalue weighted by Gasteiger charge is -2.14. The van der Waals surface area contributed by atoms with Crippen LogP contribution < -0.4 is 0 Å². The highest BCUT2D eigenvalue weighted by atomic mass is 16.3. The third-order valence-corrected chi connectivity index (χ3v) is 9.20. The molecule has 0 amide bonds. The van der Waals surface area contributed by atoms with E-state index in [1.165, 1.54) is 11.1 Å². The molecule has 0 atom stereocenters. The minimum absolute atomic E-state index is 0.587. The van der Waals surface area contributed by atoms with Gasteiger partial charge >= 0.3 is 0 Å². The van der Waals surface area contributed by atoms with E-state index in [-0.39, 0.29) is 0 Å². The Bertz CT molecular complexity index is 2650. The Morgan fingerprint density at radius 1 is 0.360 bits per heavy atom. The molecule has 0 bridgehead atoms. The molecule has 0 fully saturated rings. The lowest BCUT2D eigenvalue weighted by molar-refractivity contribution is 0.669. The van der Waals surface area contributed by atoms with Crippen molar-refractivity contribution in [3.05, 3.63) is 175 Å². The summed E-state index contributed by atoms with van der Waals surface area (Å²) in [6, 6.07) is 58.7. The Balaban J connectivity index is 1.21. The van der Waals surface area contributed by atoms with Gasteiger partial charge in [-0.15, -0.1) is 0 Å². The van der Waals surface area contributed by atoms with Crippen LogP contribution in [0.5, 0.6) is 0 Å². The van der Waals surface area contributed by atoms with E-state index in [1.807, 2.05) is 60.7 Å². The Kier molecular flexibility index (Phi) is 7.33. The molecule has 4 nitrogen and oxygen atoms in total. The van der Waals surface area contributed by atoms with Crippen LogP contribution >= 0.6 is 0 Å². The number of furan rings is 1. The Morgan fingerprint density at radius 3 is 1.60 bits per heavy atom. The van der Waals surface area contributed by atoms with Gasteiger partial charge in [0.25, 0.3) is 0 Å². The molecule has 9 aromatic rings. The third kappa shape index (κ3) is 5.43. The molecule has 0 aliphatic heterocycles. The Morgan fingerprint density at radius 2 is 0.920 bits per heavy atom. The van der Waals surface area contributed by atoms with Crippen LogP contribution in [-0.4, -0.2) is 15.0 Å². The van der Waals surface area contributed by atoms with Crippen molar-refractivity contribution in [2.75, 3.05) is 0 Å². The zero-order chi connectivity index (χ0) is 33.4. The van der Waals surface area contributed by atoms with E-state index in [0.29, 0.717) is 17.5 Å². The maximum absolute atomic E-state index is 6.46. The van der Waals surface area contributed by atoms with Crippen molar-refractivity contribution >= 4 is 21.9 Å². The Hall–Kier alpha value is -6.65. The molecular weight excluding hydrogens is 611 g/mol. The molecule has 0 saturated carbocycles. The highest BCUT2D eigenvalue weighted by Crippen LogP contribution is 2.39. The summed E-state index contributed by atoms with van der Waals surface area (Å²) in [5.41, 5.74) is 12.4. The number of rotatable bonds is 6. The fourth-order valence-electron chi connectivity index (χ4n) is 6.78. The average Bonchev–Trinajstić information content (AvgIpc) is 3.57. The molecule has 7 aromatic carbocycles. The molecule has 0 N–H and O–H groups in total. The molecule has 0 aliphatic carbocycles. The predicted molar refractivity (Wildman–Crippen MR) is 204 cm³/mol. The number of nitrogens with zero attached hydrogens (tertiary/aromatic N) is 3. The minimum Gasteiger partial charge on any atom is -0.456 e. The molecule has 236 valence electrons. The van der Waals surface area contributed by atoms with Gasteiger partial charge in [0.2, 0.25) is 0 Å². The van der Waals surface area contributed by atoms with Crippen LogP contribution in [0.25, 0.3) is 89.5 Å². The summed E-state index contributed by atoms with van der Waals surface area (Å²) >= 11 is 0. The standard InChI is InChI=1S/C46H31N3O/c1-30-13-11-20-34(27-30)37-25-23-35(28-40(37)32-16-7-3-8-17-32)45-47-44(33-18-9-4-10-19-33)48-46(49-45)36-24-26-39-42(29-36)50-41-22-12-21-38(43(39)41)31-14-5-2-6-15-31/h2-29H,1H3. The van der Waals surface area contributed by atoms with Gasteiger partial charge in [-0.1, -0.05) is 151 Å². The smallest absolute Gasteiger partial charge is 0.164 e. The first-order chi connectivity index (χ1) is 24.7. The summed E-state index contributed by atoms with van der Waals surface area (Å²) in [6.45, 7) is 2.13. The molecule has 0 saturated heterocycles. The maximum atomic E-state index is 6.46. The van der Waals surface area contributed by atoms with Gasteiger partial charge in [0.05, 0.1) is 0 Å². The van der Waals surface area contributed by atoms with Gasteiger partial charge in [0, 0.05) is 27.5 Å². The highest BCUT2D eigenvalue weighted by molar-refractivity contribution is 6.13. The molecule has 2 aromatic heterocycles.